The smallest absolute Gasteiger partial charge is 0.104 e. The molecule has 1 aliphatic heterocycles. The van der Waals surface area contributed by atoms with Crippen molar-refractivity contribution < 1.29 is 5.32 Å². The van der Waals surface area contributed by atoms with Gasteiger partial charge in [-0.1, -0.05) is 13.0 Å². The minimum atomic E-state index is 0.781. The third-order valence-electron chi connectivity index (χ3n) is 1.66. The number of quaternary nitrogens is 1. The van der Waals surface area contributed by atoms with E-state index in [9.17, 15) is 0 Å². The Kier molecular flexibility index (Phi) is 2.10. The van der Waals surface area contributed by atoms with E-state index in [1.54, 1.807) is 0 Å². The maximum atomic E-state index is 2.40. The lowest BCUT2D eigenvalue weighted by atomic mass is 10.1. The van der Waals surface area contributed by atoms with Gasteiger partial charge in [0.25, 0.3) is 0 Å². The van der Waals surface area contributed by atoms with Crippen LogP contribution in [0.5, 0.6) is 0 Å². The van der Waals surface area contributed by atoms with Gasteiger partial charge in [-0.15, -0.1) is 0 Å². The van der Waals surface area contributed by atoms with E-state index in [0.29, 0.717) is 0 Å². The Balaban J connectivity index is 2.32. The predicted octanol–water partition coefficient (Wildman–Crippen LogP) is 0.288. The fourth-order valence-corrected chi connectivity index (χ4v) is 1.06. The van der Waals surface area contributed by atoms with Crippen LogP contribution in [-0.4, -0.2) is 12.6 Å². The van der Waals surface area contributed by atoms with Gasteiger partial charge in [-0.25, -0.2) is 0 Å². The largest absolute Gasteiger partial charge is 0.340 e. The lowest BCUT2D eigenvalue weighted by Gasteiger charge is -2.11. The average Bonchev–Trinajstić information content (AvgIpc) is 1.90. The van der Waals surface area contributed by atoms with Crippen LogP contribution in [0.1, 0.15) is 19.8 Å². The van der Waals surface area contributed by atoms with Gasteiger partial charge in [0.05, 0.1) is 6.54 Å². The zero-order chi connectivity index (χ0) is 5.82. The van der Waals surface area contributed by atoms with Crippen molar-refractivity contribution in [3.8, 4) is 0 Å². The molecule has 0 amide bonds. The van der Waals surface area contributed by atoms with E-state index in [-0.39, 0.29) is 0 Å². The molecule has 0 radical (unpaired) electrons. The Morgan fingerprint density at radius 1 is 1.75 bits per heavy atom. The first kappa shape index (κ1) is 5.83. The Morgan fingerprint density at radius 3 is 3.00 bits per heavy atom. The normalized spacial score (nSPS) is 28.4. The molecule has 2 N–H and O–H groups in total. The van der Waals surface area contributed by atoms with Gasteiger partial charge in [0.2, 0.25) is 0 Å². The molecule has 0 aromatic carbocycles. The second kappa shape index (κ2) is 2.88. The van der Waals surface area contributed by atoms with Crippen LogP contribution < -0.4 is 5.32 Å². The van der Waals surface area contributed by atoms with Crippen LogP contribution in [0.2, 0.25) is 0 Å². The highest BCUT2D eigenvalue weighted by molar-refractivity contribution is 4.89. The maximum absolute atomic E-state index is 2.40. The Morgan fingerprint density at radius 2 is 2.62 bits per heavy atom. The Bertz CT molecular complexity index is 86.4. The van der Waals surface area contributed by atoms with E-state index in [0.717, 1.165) is 6.04 Å². The molecule has 1 heterocycles. The number of nitrogens with two attached hydrogens (primary N) is 1. The van der Waals surface area contributed by atoms with Crippen LogP contribution in [0.4, 0.5) is 0 Å². The molecular weight excluding hydrogens is 98.1 g/mol. The lowest BCUT2D eigenvalue weighted by Crippen LogP contribution is -2.90. The number of rotatable bonds is 1. The van der Waals surface area contributed by atoms with E-state index in [4.69, 9.17) is 0 Å². The summed E-state index contributed by atoms with van der Waals surface area (Å²) in [6.45, 7) is 3.52. The van der Waals surface area contributed by atoms with Gasteiger partial charge in [0.1, 0.15) is 6.04 Å². The van der Waals surface area contributed by atoms with Crippen LogP contribution in [0.15, 0.2) is 12.2 Å². The standard InChI is InChI=1S/C7H13N/c1-2-7-5-3-4-6-8-7/h3,5,7-8H,2,4,6H2,1H3/p+1. The summed E-state index contributed by atoms with van der Waals surface area (Å²) in [5.74, 6) is 0. The van der Waals surface area contributed by atoms with E-state index in [1.165, 1.54) is 19.4 Å². The van der Waals surface area contributed by atoms with Gasteiger partial charge < -0.3 is 5.32 Å². The molecule has 1 unspecified atom stereocenters. The highest BCUT2D eigenvalue weighted by Crippen LogP contribution is 1.92. The summed E-state index contributed by atoms with van der Waals surface area (Å²) in [7, 11) is 0. The third kappa shape index (κ3) is 1.34. The molecule has 0 aromatic heterocycles. The molecule has 1 atom stereocenters. The molecule has 0 saturated carbocycles. The van der Waals surface area contributed by atoms with Crippen LogP contribution in [0.25, 0.3) is 0 Å². The van der Waals surface area contributed by atoms with Crippen molar-refractivity contribution in [2.75, 3.05) is 6.54 Å². The summed E-state index contributed by atoms with van der Waals surface area (Å²) in [5, 5.41) is 2.40. The summed E-state index contributed by atoms with van der Waals surface area (Å²) < 4.78 is 0. The first-order valence-electron chi connectivity index (χ1n) is 3.43. The van der Waals surface area contributed by atoms with E-state index < -0.39 is 0 Å². The molecule has 0 bridgehead atoms. The number of hydrogen-bond donors (Lipinski definition) is 1. The first-order chi connectivity index (χ1) is 3.93. The zero-order valence-corrected chi connectivity index (χ0v) is 5.43. The van der Waals surface area contributed by atoms with Gasteiger partial charge in [-0.05, 0) is 6.08 Å². The minimum absolute atomic E-state index is 0.781. The second-order valence-electron chi connectivity index (χ2n) is 2.31. The molecule has 8 heavy (non-hydrogen) atoms. The van der Waals surface area contributed by atoms with Crippen molar-refractivity contribution in [3.05, 3.63) is 12.2 Å². The zero-order valence-electron chi connectivity index (χ0n) is 5.43. The predicted molar refractivity (Wildman–Crippen MR) is 34.6 cm³/mol. The molecule has 0 spiro atoms. The summed E-state index contributed by atoms with van der Waals surface area (Å²) >= 11 is 0. The summed E-state index contributed by atoms with van der Waals surface area (Å²) in [5.41, 5.74) is 0. The molecule has 0 fully saturated rings. The third-order valence-corrected chi connectivity index (χ3v) is 1.66. The van der Waals surface area contributed by atoms with E-state index in [2.05, 4.69) is 24.4 Å². The Labute approximate surface area is 50.8 Å². The molecular formula is C7H14N+. The summed E-state index contributed by atoms with van der Waals surface area (Å²) in [6.07, 6.45) is 7.13. The van der Waals surface area contributed by atoms with Gasteiger partial charge >= 0.3 is 0 Å². The molecule has 1 nitrogen and oxygen atoms in total. The number of hydrogen-bond acceptors (Lipinski definition) is 0. The fraction of sp³-hybridized carbons (Fsp3) is 0.714. The lowest BCUT2D eigenvalue weighted by molar-refractivity contribution is -0.681. The first-order valence-corrected chi connectivity index (χ1v) is 3.43. The second-order valence-corrected chi connectivity index (χ2v) is 2.31. The van der Waals surface area contributed by atoms with Gasteiger partial charge in [-0.3, -0.25) is 0 Å². The van der Waals surface area contributed by atoms with E-state index in [1.807, 2.05) is 0 Å². The van der Waals surface area contributed by atoms with Crippen molar-refractivity contribution in [1.29, 1.82) is 0 Å². The van der Waals surface area contributed by atoms with Crippen LogP contribution >= 0.6 is 0 Å². The van der Waals surface area contributed by atoms with E-state index >= 15 is 0 Å². The molecule has 1 rings (SSSR count). The molecule has 1 heteroatoms. The Hall–Kier alpha value is -0.300. The van der Waals surface area contributed by atoms with Crippen LogP contribution in [-0.2, 0) is 0 Å². The SMILES string of the molecule is CCC1C=CCC[NH2+]1. The van der Waals surface area contributed by atoms with Gasteiger partial charge in [-0.2, -0.15) is 0 Å². The highest BCUT2D eigenvalue weighted by Gasteiger charge is 2.05. The molecule has 0 aliphatic carbocycles. The van der Waals surface area contributed by atoms with Crippen LogP contribution in [0, 0.1) is 0 Å². The van der Waals surface area contributed by atoms with Crippen molar-refractivity contribution in [2.24, 2.45) is 0 Å². The molecule has 0 saturated heterocycles. The van der Waals surface area contributed by atoms with Crippen molar-refractivity contribution in [3.63, 3.8) is 0 Å². The monoisotopic (exact) mass is 112 g/mol. The van der Waals surface area contributed by atoms with Crippen molar-refractivity contribution >= 4 is 0 Å². The van der Waals surface area contributed by atoms with Gasteiger partial charge in [0, 0.05) is 12.8 Å². The molecule has 1 aliphatic rings. The summed E-state index contributed by atoms with van der Waals surface area (Å²) in [6, 6.07) is 0.781. The molecule has 46 valence electrons. The minimum Gasteiger partial charge on any atom is -0.340 e. The van der Waals surface area contributed by atoms with Gasteiger partial charge in [0.15, 0.2) is 0 Å². The highest BCUT2D eigenvalue weighted by atomic mass is 14.9. The average molecular weight is 112 g/mol. The summed E-state index contributed by atoms with van der Waals surface area (Å²) in [4.78, 5) is 0. The van der Waals surface area contributed by atoms with Crippen LogP contribution in [0.3, 0.4) is 0 Å². The quantitative estimate of drug-likeness (QED) is 0.469. The van der Waals surface area contributed by atoms with Crippen molar-refractivity contribution in [2.45, 2.75) is 25.8 Å². The maximum Gasteiger partial charge on any atom is 0.104 e. The van der Waals surface area contributed by atoms with Crippen molar-refractivity contribution in [1.82, 2.24) is 0 Å². The fourth-order valence-electron chi connectivity index (χ4n) is 1.06. The molecule has 0 aromatic rings. The topological polar surface area (TPSA) is 16.6 Å².